The van der Waals surface area contributed by atoms with Gasteiger partial charge in [0.05, 0.1) is 16.6 Å². The highest BCUT2D eigenvalue weighted by Crippen LogP contribution is 2.24. The summed E-state index contributed by atoms with van der Waals surface area (Å²) < 4.78 is 16.4. The number of hydrogen-bond acceptors (Lipinski definition) is 14. The molecule has 0 amide bonds. The van der Waals surface area contributed by atoms with E-state index in [4.69, 9.17) is 0 Å². The topological polar surface area (TPSA) is 220 Å². The fraction of sp³-hybridized carbons (Fsp3) is 0.480. The largest absolute Gasteiger partial charge is 0.330 e. The number of aryl methyl sites for hydroxylation is 16. The molecule has 0 fully saturated rings. The third kappa shape index (κ3) is 8.24. The standard InChI is InChI=1S/2C13H17N5.2C12H16N6/c1-5-10-14-8-7-9-12(16-13(8)18(10)4)15-11(6-2)17(9)3;1-5-10-14-12-8(17(10)3)7-9-13(16-12)15-11(6-2)18(9)4;1-5-7-13-9-11(17(7)3)16-10-12(15-9)18(4)8(6-2)14-10;1-5-7-13-9-11(17(7)3)16-12-10(15-9)14-8(6-2)18(12)4/h2*7H,5-6H2,1-4H3;2*5-6H2,1-4H3. The van der Waals surface area contributed by atoms with E-state index < -0.39 is 0 Å². The molecule has 0 atom stereocenters. The molecule has 22 heteroatoms. The summed E-state index contributed by atoms with van der Waals surface area (Å²) in [6.07, 6.45) is 7.15. The van der Waals surface area contributed by atoms with Crippen LogP contribution in [0.1, 0.15) is 102 Å². The fourth-order valence-corrected chi connectivity index (χ4v) is 9.42. The van der Waals surface area contributed by atoms with Gasteiger partial charge in [0.25, 0.3) is 0 Å². The van der Waals surface area contributed by atoms with Gasteiger partial charge in [-0.1, -0.05) is 55.4 Å². The molecule has 12 aromatic rings. The Labute approximate surface area is 416 Å². The van der Waals surface area contributed by atoms with E-state index in [0.29, 0.717) is 22.6 Å². The second-order valence-corrected chi connectivity index (χ2v) is 17.9. The number of imidazole rings is 8. The van der Waals surface area contributed by atoms with Crippen LogP contribution in [0.4, 0.5) is 0 Å². The summed E-state index contributed by atoms with van der Waals surface area (Å²) in [6, 6.07) is 4.22. The quantitative estimate of drug-likeness (QED) is 0.155. The lowest BCUT2D eigenvalue weighted by Crippen LogP contribution is -1.99. The van der Waals surface area contributed by atoms with Gasteiger partial charge in [-0.3, -0.25) is 0 Å². The van der Waals surface area contributed by atoms with Crippen molar-refractivity contribution in [2.45, 2.75) is 107 Å². The van der Waals surface area contributed by atoms with E-state index >= 15 is 0 Å². The average molecular weight is 975 g/mol. The van der Waals surface area contributed by atoms with Gasteiger partial charge in [0, 0.05) is 108 Å². The number of hydrogen-bond donors (Lipinski definition) is 0. The lowest BCUT2D eigenvalue weighted by molar-refractivity contribution is 0.809. The third-order valence-electron chi connectivity index (χ3n) is 13.7. The van der Waals surface area contributed by atoms with E-state index in [1.807, 2.05) is 74.6 Å². The zero-order valence-electron chi connectivity index (χ0n) is 44.7. The zero-order valence-corrected chi connectivity index (χ0v) is 44.7. The average Bonchev–Trinajstić information content (AvgIpc) is 4.29. The molecule has 12 aromatic heterocycles. The van der Waals surface area contributed by atoms with Crippen LogP contribution in [0.25, 0.3) is 89.8 Å². The van der Waals surface area contributed by atoms with Gasteiger partial charge in [-0.2, -0.15) is 0 Å². The minimum atomic E-state index is 0.683. The summed E-state index contributed by atoms with van der Waals surface area (Å²) >= 11 is 0. The molecule has 0 N–H and O–H groups in total. The first-order valence-electron chi connectivity index (χ1n) is 25.1. The van der Waals surface area contributed by atoms with E-state index in [1.165, 1.54) is 0 Å². The van der Waals surface area contributed by atoms with Crippen LogP contribution in [0.2, 0.25) is 0 Å². The van der Waals surface area contributed by atoms with Gasteiger partial charge < -0.3 is 36.5 Å². The zero-order chi connectivity index (χ0) is 51.4. The number of fused-ring (bicyclic) bond motifs is 8. The van der Waals surface area contributed by atoms with Crippen LogP contribution in [0.15, 0.2) is 12.1 Å². The molecule has 0 saturated heterocycles. The highest BCUT2D eigenvalue weighted by Gasteiger charge is 2.18. The molecule has 0 aliphatic rings. The Balaban J connectivity index is 0.000000119. The summed E-state index contributed by atoms with van der Waals surface area (Å²) in [7, 11) is 16.0. The van der Waals surface area contributed by atoms with Crippen molar-refractivity contribution in [1.29, 1.82) is 0 Å². The maximum atomic E-state index is 4.65. The fourth-order valence-electron chi connectivity index (χ4n) is 9.42. The molecule has 12 rings (SSSR count). The Morgan fingerprint density at radius 1 is 0.236 bits per heavy atom. The predicted octanol–water partition coefficient (Wildman–Crippen LogP) is 6.71. The van der Waals surface area contributed by atoms with Crippen LogP contribution in [0.5, 0.6) is 0 Å². The Hall–Kier alpha value is -7.78. The van der Waals surface area contributed by atoms with Crippen molar-refractivity contribution in [2.75, 3.05) is 0 Å². The van der Waals surface area contributed by atoms with Crippen molar-refractivity contribution in [1.82, 2.24) is 106 Å². The Morgan fingerprint density at radius 2 is 0.472 bits per heavy atom. The van der Waals surface area contributed by atoms with Crippen LogP contribution < -0.4 is 0 Å². The van der Waals surface area contributed by atoms with Crippen molar-refractivity contribution in [3.63, 3.8) is 0 Å². The third-order valence-corrected chi connectivity index (χ3v) is 13.7. The van der Waals surface area contributed by atoms with Crippen molar-refractivity contribution in [3.05, 3.63) is 58.7 Å². The molecule has 72 heavy (non-hydrogen) atoms. The van der Waals surface area contributed by atoms with Crippen molar-refractivity contribution < 1.29 is 0 Å². The molecule has 0 saturated carbocycles. The van der Waals surface area contributed by atoms with Crippen LogP contribution in [0.3, 0.4) is 0 Å². The lowest BCUT2D eigenvalue weighted by Gasteiger charge is -2.00. The number of aromatic nitrogens is 22. The van der Waals surface area contributed by atoms with E-state index in [1.54, 1.807) is 0 Å². The summed E-state index contributed by atoms with van der Waals surface area (Å²) in [5.74, 6) is 8.22. The van der Waals surface area contributed by atoms with E-state index in [9.17, 15) is 0 Å². The van der Waals surface area contributed by atoms with Gasteiger partial charge in [-0.15, -0.1) is 0 Å². The summed E-state index contributed by atoms with van der Waals surface area (Å²) in [5.41, 5.74) is 13.5. The number of pyridine rings is 2. The molecule has 0 unspecified atom stereocenters. The highest BCUT2D eigenvalue weighted by atomic mass is 15.2. The smallest absolute Gasteiger partial charge is 0.199 e. The first-order chi connectivity index (χ1) is 34.6. The molecule has 0 aliphatic heterocycles. The molecule has 0 spiro atoms. The molecule has 0 aromatic carbocycles. The van der Waals surface area contributed by atoms with E-state index in [-0.39, 0.29) is 0 Å². The van der Waals surface area contributed by atoms with E-state index in [0.717, 1.165) is 165 Å². The SMILES string of the molecule is CCc1nc2nc3c(cc2n1C)nc(CC)n3C.CCc1nc2nc3c(nc(CC)n3C)nc2n1C.CCc1nc2nc3nc(CC)n(C)c3cc2n1C.CCc1nc2nc3nc(CC)n(C)c3nc2n1C. The van der Waals surface area contributed by atoms with Crippen molar-refractivity contribution in [3.8, 4) is 0 Å². The molecule has 22 nitrogen and oxygen atoms in total. The Morgan fingerprint density at radius 3 is 0.833 bits per heavy atom. The van der Waals surface area contributed by atoms with Crippen LogP contribution in [-0.2, 0) is 108 Å². The first kappa shape index (κ1) is 49.2. The van der Waals surface area contributed by atoms with Crippen LogP contribution in [0, 0.1) is 0 Å². The maximum Gasteiger partial charge on any atom is 0.199 e. The number of nitrogens with zero attached hydrogens (tertiary/aromatic N) is 22. The molecule has 0 aliphatic carbocycles. The number of rotatable bonds is 8. The van der Waals surface area contributed by atoms with Crippen LogP contribution >= 0.6 is 0 Å². The van der Waals surface area contributed by atoms with Gasteiger partial charge in [0.1, 0.15) is 52.1 Å². The molecule has 12 heterocycles. The summed E-state index contributed by atoms with van der Waals surface area (Å²) in [5, 5.41) is 0. The molecule has 376 valence electrons. The summed E-state index contributed by atoms with van der Waals surface area (Å²) in [4.78, 5) is 63.8. The van der Waals surface area contributed by atoms with Gasteiger partial charge in [0.15, 0.2) is 67.8 Å². The Bertz CT molecular complexity index is 3460. The van der Waals surface area contributed by atoms with Gasteiger partial charge >= 0.3 is 0 Å². The molecule has 0 bridgehead atoms. The second-order valence-electron chi connectivity index (χ2n) is 17.9. The van der Waals surface area contributed by atoms with Crippen molar-refractivity contribution in [2.24, 2.45) is 56.4 Å². The van der Waals surface area contributed by atoms with Gasteiger partial charge in [-0.25, -0.2) is 69.8 Å². The van der Waals surface area contributed by atoms with Gasteiger partial charge in [-0.05, 0) is 12.1 Å². The predicted molar refractivity (Wildman–Crippen MR) is 282 cm³/mol. The van der Waals surface area contributed by atoms with Crippen molar-refractivity contribution >= 4 is 89.8 Å². The minimum absolute atomic E-state index is 0.683. The highest BCUT2D eigenvalue weighted by molar-refractivity contribution is 5.87. The molecular weight excluding hydrogens is 909 g/mol. The monoisotopic (exact) mass is 975 g/mol. The second kappa shape index (κ2) is 19.4. The molecule has 0 radical (unpaired) electrons. The van der Waals surface area contributed by atoms with E-state index in [2.05, 4.69) is 156 Å². The van der Waals surface area contributed by atoms with Crippen LogP contribution in [-0.4, -0.2) is 106 Å². The maximum absolute atomic E-state index is 4.65. The molecular formula is C50H66N22. The lowest BCUT2D eigenvalue weighted by atomic mass is 10.4. The minimum Gasteiger partial charge on any atom is -0.330 e. The Kier molecular flexibility index (Phi) is 13.3. The van der Waals surface area contributed by atoms with Gasteiger partial charge in [0.2, 0.25) is 0 Å². The normalized spacial score (nSPS) is 11.8. The summed E-state index contributed by atoms with van der Waals surface area (Å²) in [6.45, 7) is 16.7. The first-order valence-corrected chi connectivity index (χ1v) is 25.1.